The molecule has 1 unspecified atom stereocenters. The quantitative estimate of drug-likeness (QED) is 0.793. The Balaban J connectivity index is 2.02. The molecular formula is C14H21N3. The standard InChI is InChI=1S/C14H21N3/c1-11(2)17-10-12-9-15-7-8-16(12)13-5-3-4-6-14(13)17/h3-6,11-12,15H,7-10H2,1-2H3. The van der Waals surface area contributed by atoms with Crippen LogP contribution in [0.5, 0.6) is 0 Å². The maximum absolute atomic E-state index is 3.51. The molecule has 0 aliphatic carbocycles. The number of rotatable bonds is 1. The summed E-state index contributed by atoms with van der Waals surface area (Å²) in [5.74, 6) is 0. The first-order valence-electron chi connectivity index (χ1n) is 6.60. The van der Waals surface area contributed by atoms with Crippen LogP contribution in [-0.4, -0.2) is 38.3 Å². The van der Waals surface area contributed by atoms with E-state index in [1.165, 1.54) is 11.4 Å². The van der Waals surface area contributed by atoms with Crippen molar-refractivity contribution in [3.63, 3.8) is 0 Å². The number of nitrogens with zero attached hydrogens (tertiary/aromatic N) is 2. The fraction of sp³-hybridized carbons (Fsp3) is 0.571. The number of anilines is 2. The predicted octanol–water partition coefficient (Wildman–Crippen LogP) is 1.69. The summed E-state index contributed by atoms with van der Waals surface area (Å²) in [4.78, 5) is 5.11. The van der Waals surface area contributed by atoms with Gasteiger partial charge in [0, 0.05) is 32.2 Å². The van der Waals surface area contributed by atoms with Gasteiger partial charge in [-0.2, -0.15) is 0 Å². The van der Waals surface area contributed by atoms with E-state index in [0.717, 1.165) is 26.2 Å². The van der Waals surface area contributed by atoms with Crippen molar-refractivity contribution in [2.75, 3.05) is 36.0 Å². The lowest BCUT2D eigenvalue weighted by Gasteiger charge is -2.48. The van der Waals surface area contributed by atoms with E-state index in [1.54, 1.807) is 0 Å². The summed E-state index contributed by atoms with van der Waals surface area (Å²) in [5, 5.41) is 3.51. The summed E-state index contributed by atoms with van der Waals surface area (Å²) in [5.41, 5.74) is 2.82. The molecule has 92 valence electrons. The van der Waals surface area contributed by atoms with E-state index in [9.17, 15) is 0 Å². The fourth-order valence-corrected chi connectivity index (χ4v) is 3.01. The third-order valence-electron chi connectivity index (χ3n) is 3.88. The number of nitrogens with one attached hydrogen (secondary N) is 1. The number of piperazine rings is 1. The molecule has 0 radical (unpaired) electrons. The Morgan fingerprint density at radius 2 is 2.00 bits per heavy atom. The number of fused-ring (bicyclic) bond motifs is 3. The normalized spacial score (nSPS) is 23.6. The van der Waals surface area contributed by atoms with Crippen molar-refractivity contribution in [1.82, 2.24) is 5.32 Å². The first kappa shape index (κ1) is 10.9. The molecule has 1 N–H and O–H groups in total. The molecule has 1 aromatic rings. The van der Waals surface area contributed by atoms with Crippen molar-refractivity contribution in [2.45, 2.75) is 25.9 Å². The van der Waals surface area contributed by atoms with Crippen LogP contribution < -0.4 is 15.1 Å². The number of benzene rings is 1. The summed E-state index contributed by atoms with van der Waals surface area (Å²) in [6.45, 7) is 9.05. The molecule has 1 aromatic carbocycles. The van der Waals surface area contributed by atoms with Gasteiger partial charge in [-0.3, -0.25) is 0 Å². The minimum atomic E-state index is 0.570. The minimum absolute atomic E-state index is 0.570. The van der Waals surface area contributed by atoms with Crippen LogP contribution in [0.2, 0.25) is 0 Å². The molecule has 0 saturated carbocycles. The zero-order chi connectivity index (χ0) is 11.8. The lowest BCUT2D eigenvalue weighted by molar-refractivity contribution is 0.448. The lowest BCUT2D eigenvalue weighted by atomic mass is 10.0. The van der Waals surface area contributed by atoms with Crippen LogP contribution in [0.4, 0.5) is 11.4 Å². The molecule has 0 aromatic heterocycles. The largest absolute Gasteiger partial charge is 0.365 e. The molecule has 1 atom stereocenters. The van der Waals surface area contributed by atoms with Crippen molar-refractivity contribution in [3.8, 4) is 0 Å². The van der Waals surface area contributed by atoms with Gasteiger partial charge in [0.1, 0.15) is 0 Å². The van der Waals surface area contributed by atoms with Crippen LogP contribution in [0.25, 0.3) is 0 Å². The van der Waals surface area contributed by atoms with E-state index in [0.29, 0.717) is 12.1 Å². The molecule has 0 bridgehead atoms. The predicted molar refractivity (Wildman–Crippen MR) is 72.9 cm³/mol. The summed E-state index contributed by atoms with van der Waals surface area (Å²) in [6, 6.07) is 10.0. The topological polar surface area (TPSA) is 18.5 Å². The average molecular weight is 231 g/mol. The Hall–Kier alpha value is -1.22. The highest BCUT2D eigenvalue weighted by molar-refractivity contribution is 5.74. The molecule has 0 spiro atoms. The van der Waals surface area contributed by atoms with E-state index in [1.807, 2.05) is 0 Å². The Kier molecular flexibility index (Phi) is 2.71. The second kappa shape index (κ2) is 4.22. The molecule has 1 fully saturated rings. The Labute approximate surface area is 103 Å². The van der Waals surface area contributed by atoms with Crippen LogP contribution in [0.3, 0.4) is 0 Å². The zero-order valence-corrected chi connectivity index (χ0v) is 10.7. The highest BCUT2D eigenvalue weighted by Crippen LogP contribution is 2.36. The molecule has 2 heterocycles. The highest BCUT2D eigenvalue weighted by Gasteiger charge is 2.32. The molecule has 1 saturated heterocycles. The van der Waals surface area contributed by atoms with Crippen molar-refractivity contribution in [2.24, 2.45) is 0 Å². The molecule has 3 nitrogen and oxygen atoms in total. The van der Waals surface area contributed by atoms with Gasteiger partial charge >= 0.3 is 0 Å². The molecule has 3 heteroatoms. The average Bonchev–Trinajstić information content (AvgIpc) is 2.37. The lowest BCUT2D eigenvalue weighted by Crippen LogP contribution is -2.59. The fourth-order valence-electron chi connectivity index (χ4n) is 3.01. The second-order valence-electron chi connectivity index (χ2n) is 5.29. The van der Waals surface area contributed by atoms with Crippen molar-refractivity contribution in [3.05, 3.63) is 24.3 Å². The Morgan fingerprint density at radius 3 is 2.76 bits per heavy atom. The van der Waals surface area contributed by atoms with Crippen molar-refractivity contribution < 1.29 is 0 Å². The summed E-state index contributed by atoms with van der Waals surface area (Å²) < 4.78 is 0. The molecule has 17 heavy (non-hydrogen) atoms. The molecule has 2 aliphatic rings. The zero-order valence-electron chi connectivity index (χ0n) is 10.7. The number of hydrogen-bond donors (Lipinski definition) is 1. The third-order valence-corrected chi connectivity index (χ3v) is 3.88. The highest BCUT2D eigenvalue weighted by atomic mass is 15.3. The maximum atomic E-state index is 3.51. The van der Waals surface area contributed by atoms with Crippen molar-refractivity contribution >= 4 is 11.4 Å². The van der Waals surface area contributed by atoms with Gasteiger partial charge in [0.2, 0.25) is 0 Å². The van der Waals surface area contributed by atoms with Crippen molar-refractivity contribution in [1.29, 1.82) is 0 Å². The van der Waals surface area contributed by atoms with Gasteiger partial charge in [-0.05, 0) is 26.0 Å². The van der Waals surface area contributed by atoms with E-state index in [-0.39, 0.29) is 0 Å². The summed E-state index contributed by atoms with van der Waals surface area (Å²) in [7, 11) is 0. The third kappa shape index (κ3) is 1.78. The van der Waals surface area contributed by atoms with E-state index >= 15 is 0 Å². The minimum Gasteiger partial charge on any atom is -0.365 e. The van der Waals surface area contributed by atoms with Gasteiger partial charge in [-0.25, -0.2) is 0 Å². The van der Waals surface area contributed by atoms with Crippen LogP contribution in [0, 0.1) is 0 Å². The van der Waals surface area contributed by atoms with Crippen LogP contribution in [-0.2, 0) is 0 Å². The smallest absolute Gasteiger partial charge is 0.0608 e. The van der Waals surface area contributed by atoms with E-state index in [2.05, 4.69) is 53.2 Å². The number of hydrogen-bond acceptors (Lipinski definition) is 3. The van der Waals surface area contributed by atoms with Gasteiger partial charge in [0.25, 0.3) is 0 Å². The SMILES string of the molecule is CC(C)N1CC2CNCCN2c2ccccc21. The molecule has 2 aliphatic heterocycles. The van der Waals surface area contributed by atoms with Gasteiger partial charge in [0.15, 0.2) is 0 Å². The van der Waals surface area contributed by atoms with Gasteiger partial charge in [-0.1, -0.05) is 12.1 Å². The summed E-state index contributed by atoms with van der Waals surface area (Å²) in [6.07, 6.45) is 0. The summed E-state index contributed by atoms with van der Waals surface area (Å²) >= 11 is 0. The van der Waals surface area contributed by atoms with Gasteiger partial charge in [-0.15, -0.1) is 0 Å². The van der Waals surface area contributed by atoms with Gasteiger partial charge in [0.05, 0.1) is 17.4 Å². The Bertz CT molecular complexity index is 402. The maximum Gasteiger partial charge on any atom is 0.0608 e. The van der Waals surface area contributed by atoms with Crippen LogP contribution in [0.1, 0.15) is 13.8 Å². The molecule has 0 amide bonds. The first-order valence-corrected chi connectivity index (χ1v) is 6.60. The molecule has 3 rings (SSSR count). The second-order valence-corrected chi connectivity index (χ2v) is 5.29. The Morgan fingerprint density at radius 1 is 1.24 bits per heavy atom. The monoisotopic (exact) mass is 231 g/mol. The van der Waals surface area contributed by atoms with E-state index in [4.69, 9.17) is 0 Å². The van der Waals surface area contributed by atoms with Crippen LogP contribution in [0.15, 0.2) is 24.3 Å². The van der Waals surface area contributed by atoms with Gasteiger partial charge < -0.3 is 15.1 Å². The van der Waals surface area contributed by atoms with E-state index < -0.39 is 0 Å². The van der Waals surface area contributed by atoms with Crippen LogP contribution >= 0.6 is 0 Å². The molecular weight excluding hydrogens is 210 g/mol. The number of para-hydroxylation sites is 2. The first-order chi connectivity index (χ1) is 8.27.